The largest absolute Gasteiger partial charge is 0.345 e. The smallest absolute Gasteiger partial charge is 0.252 e. The summed E-state index contributed by atoms with van der Waals surface area (Å²) in [6.07, 6.45) is 1.74. The second kappa shape index (κ2) is 7.68. The lowest BCUT2D eigenvalue weighted by atomic mass is 10.1. The predicted molar refractivity (Wildman–Crippen MR) is 119 cm³/mol. The Hall–Kier alpha value is -2.58. The van der Waals surface area contributed by atoms with Crippen molar-refractivity contribution in [3.05, 3.63) is 50.9 Å². The molecule has 4 aromatic rings. The molecule has 0 aliphatic carbocycles. The molecule has 0 bridgehead atoms. The first-order chi connectivity index (χ1) is 13.8. The van der Waals surface area contributed by atoms with Gasteiger partial charge in [-0.25, -0.2) is 14.6 Å². The van der Waals surface area contributed by atoms with Crippen molar-refractivity contribution in [3.63, 3.8) is 0 Å². The van der Waals surface area contributed by atoms with Gasteiger partial charge in [0, 0.05) is 10.9 Å². The standard InChI is InChI=1S/C21H23N5OS2/c1-11(2)26-20-16(10-22-26)15(9-17(25-20)18-7-6-8-28-18)21(27)24-13(4)19-12(3)23-14(5)29-19/h6-11,13H,1-5H3,(H,24,27)/t13-/m1/s1. The second-order valence-corrected chi connectivity index (χ2v) is 9.51. The van der Waals surface area contributed by atoms with E-state index < -0.39 is 0 Å². The van der Waals surface area contributed by atoms with Crippen molar-refractivity contribution in [2.24, 2.45) is 0 Å². The van der Waals surface area contributed by atoms with Crippen molar-refractivity contribution in [1.29, 1.82) is 0 Å². The highest BCUT2D eigenvalue weighted by Gasteiger charge is 2.21. The molecule has 0 aliphatic rings. The van der Waals surface area contributed by atoms with Gasteiger partial charge < -0.3 is 5.32 Å². The summed E-state index contributed by atoms with van der Waals surface area (Å²) in [7, 11) is 0. The first-order valence-electron chi connectivity index (χ1n) is 9.52. The lowest BCUT2D eigenvalue weighted by Gasteiger charge is -2.14. The van der Waals surface area contributed by atoms with E-state index >= 15 is 0 Å². The molecule has 0 unspecified atom stereocenters. The Bertz CT molecular complexity index is 1170. The highest BCUT2D eigenvalue weighted by atomic mass is 32.1. The maximum Gasteiger partial charge on any atom is 0.252 e. The first-order valence-corrected chi connectivity index (χ1v) is 11.2. The van der Waals surface area contributed by atoms with Gasteiger partial charge in [-0.2, -0.15) is 5.10 Å². The summed E-state index contributed by atoms with van der Waals surface area (Å²) >= 11 is 3.23. The molecular formula is C21H23N5OS2. The van der Waals surface area contributed by atoms with Gasteiger partial charge in [0.1, 0.15) is 0 Å². The average molecular weight is 426 g/mol. The summed E-state index contributed by atoms with van der Waals surface area (Å²) in [5.41, 5.74) is 3.08. The summed E-state index contributed by atoms with van der Waals surface area (Å²) in [4.78, 5) is 24.7. The van der Waals surface area contributed by atoms with Crippen LogP contribution in [0.4, 0.5) is 0 Å². The van der Waals surface area contributed by atoms with Crippen LogP contribution in [0.25, 0.3) is 21.6 Å². The summed E-state index contributed by atoms with van der Waals surface area (Å²) in [6, 6.07) is 5.90. The van der Waals surface area contributed by atoms with E-state index in [-0.39, 0.29) is 18.0 Å². The zero-order valence-electron chi connectivity index (χ0n) is 17.1. The molecule has 0 radical (unpaired) electrons. The minimum atomic E-state index is -0.128. The third kappa shape index (κ3) is 3.70. The molecule has 150 valence electrons. The van der Waals surface area contributed by atoms with Gasteiger partial charge >= 0.3 is 0 Å². The number of aryl methyl sites for hydroxylation is 2. The number of rotatable bonds is 5. The van der Waals surface area contributed by atoms with Gasteiger partial charge in [0.05, 0.1) is 44.5 Å². The fourth-order valence-electron chi connectivity index (χ4n) is 3.42. The van der Waals surface area contributed by atoms with Gasteiger partial charge in [-0.05, 0) is 52.1 Å². The Labute approximate surface area is 177 Å². The fraction of sp³-hybridized carbons (Fsp3) is 0.333. The van der Waals surface area contributed by atoms with Crippen LogP contribution in [0.3, 0.4) is 0 Å². The zero-order chi connectivity index (χ0) is 20.7. The van der Waals surface area contributed by atoms with E-state index in [1.54, 1.807) is 28.9 Å². The Morgan fingerprint density at radius 2 is 2.00 bits per heavy atom. The molecule has 29 heavy (non-hydrogen) atoms. The Morgan fingerprint density at radius 1 is 1.21 bits per heavy atom. The summed E-state index contributed by atoms with van der Waals surface area (Å²) < 4.78 is 1.86. The zero-order valence-corrected chi connectivity index (χ0v) is 18.7. The molecule has 4 heterocycles. The topological polar surface area (TPSA) is 72.7 Å². The molecule has 6 nitrogen and oxygen atoms in total. The van der Waals surface area contributed by atoms with E-state index in [4.69, 9.17) is 4.98 Å². The maximum absolute atomic E-state index is 13.3. The van der Waals surface area contributed by atoms with Crippen LogP contribution in [0.2, 0.25) is 0 Å². The number of thiazole rings is 1. The number of carbonyl (C=O) groups is 1. The number of fused-ring (bicyclic) bond motifs is 1. The Morgan fingerprint density at radius 3 is 2.62 bits per heavy atom. The molecule has 1 N–H and O–H groups in total. The number of thiophene rings is 1. The van der Waals surface area contributed by atoms with Crippen LogP contribution in [0.5, 0.6) is 0 Å². The van der Waals surface area contributed by atoms with E-state index in [9.17, 15) is 4.79 Å². The van der Waals surface area contributed by atoms with Gasteiger partial charge in [0.2, 0.25) is 0 Å². The van der Waals surface area contributed by atoms with Crippen LogP contribution >= 0.6 is 22.7 Å². The SMILES string of the molecule is Cc1nc(C)c([C@@H](C)NC(=O)c2cc(-c3cccs3)nc3c2cnn3C(C)C)s1. The minimum absolute atomic E-state index is 0.123. The molecule has 4 rings (SSSR count). The number of hydrogen-bond donors (Lipinski definition) is 1. The van der Waals surface area contributed by atoms with E-state index in [1.807, 2.05) is 49.0 Å². The number of amides is 1. The number of hydrogen-bond acceptors (Lipinski definition) is 6. The molecule has 0 aliphatic heterocycles. The van der Waals surface area contributed by atoms with E-state index in [0.717, 1.165) is 37.2 Å². The third-order valence-corrected chi connectivity index (χ3v) is 6.90. The molecule has 0 saturated carbocycles. The third-order valence-electron chi connectivity index (χ3n) is 4.75. The number of pyridine rings is 1. The number of nitrogens with one attached hydrogen (secondary N) is 1. The molecule has 0 spiro atoms. The molecule has 1 amide bonds. The van der Waals surface area contributed by atoms with Crippen molar-refractivity contribution in [2.45, 2.75) is 46.7 Å². The highest BCUT2D eigenvalue weighted by molar-refractivity contribution is 7.13. The second-order valence-electron chi connectivity index (χ2n) is 7.33. The fourth-order valence-corrected chi connectivity index (χ4v) is 5.04. The van der Waals surface area contributed by atoms with Crippen LogP contribution in [0.1, 0.15) is 58.8 Å². The molecular weight excluding hydrogens is 402 g/mol. The van der Waals surface area contributed by atoms with Crippen LogP contribution in [0.15, 0.2) is 29.8 Å². The van der Waals surface area contributed by atoms with Gasteiger partial charge in [0.15, 0.2) is 5.65 Å². The summed E-state index contributed by atoms with van der Waals surface area (Å²) in [6.45, 7) is 10.1. The van der Waals surface area contributed by atoms with Crippen molar-refractivity contribution in [3.8, 4) is 10.6 Å². The monoisotopic (exact) mass is 425 g/mol. The Balaban J connectivity index is 1.77. The van der Waals surface area contributed by atoms with E-state index in [0.29, 0.717) is 5.56 Å². The van der Waals surface area contributed by atoms with Crippen LogP contribution in [-0.2, 0) is 0 Å². The number of carbonyl (C=O) groups excluding carboxylic acids is 1. The van der Waals surface area contributed by atoms with Crippen molar-refractivity contribution < 1.29 is 4.79 Å². The quantitative estimate of drug-likeness (QED) is 0.471. The van der Waals surface area contributed by atoms with Gasteiger partial charge in [-0.1, -0.05) is 6.07 Å². The van der Waals surface area contributed by atoms with Crippen molar-refractivity contribution >= 4 is 39.6 Å². The van der Waals surface area contributed by atoms with E-state index in [1.165, 1.54) is 0 Å². The summed E-state index contributed by atoms with van der Waals surface area (Å²) in [5.74, 6) is -0.128. The average Bonchev–Trinajstić information content (AvgIpc) is 3.39. The van der Waals surface area contributed by atoms with Crippen molar-refractivity contribution in [2.75, 3.05) is 0 Å². The molecule has 8 heteroatoms. The maximum atomic E-state index is 13.3. The molecule has 0 saturated heterocycles. The summed E-state index contributed by atoms with van der Waals surface area (Å²) in [5, 5.41) is 11.4. The predicted octanol–water partition coefficient (Wildman–Crippen LogP) is 5.31. The van der Waals surface area contributed by atoms with Gasteiger partial charge in [-0.15, -0.1) is 22.7 Å². The lowest BCUT2D eigenvalue weighted by Crippen LogP contribution is -2.27. The number of aromatic nitrogens is 4. The van der Waals surface area contributed by atoms with E-state index in [2.05, 4.69) is 29.2 Å². The highest BCUT2D eigenvalue weighted by Crippen LogP contribution is 2.30. The Kier molecular flexibility index (Phi) is 5.23. The number of nitrogens with zero attached hydrogens (tertiary/aromatic N) is 4. The minimum Gasteiger partial charge on any atom is -0.345 e. The molecule has 1 atom stereocenters. The van der Waals surface area contributed by atoms with Gasteiger partial charge in [0.25, 0.3) is 5.91 Å². The molecule has 4 aromatic heterocycles. The van der Waals surface area contributed by atoms with Crippen LogP contribution in [-0.4, -0.2) is 25.7 Å². The van der Waals surface area contributed by atoms with Crippen molar-refractivity contribution in [1.82, 2.24) is 25.1 Å². The lowest BCUT2D eigenvalue weighted by molar-refractivity contribution is 0.0942. The van der Waals surface area contributed by atoms with Crippen LogP contribution in [0, 0.1) is 13.8 Å². The first kappa shape index (κ1) is 19.7. The van der Waals surface area contributed by atoms with Crippen LogP contribution < -0.4 is 5.32 Å². The molecule has 0 aromatic carbocycles. The van der Waals surface area contributed by atoms with Gasteiger partial charge in [-0.3, -0.25) is 4.79 Å². The molecule has 0 fully saturated rings. The normalized spacial score (nSPS) is 12.6.